The van der Waals surface area contributed by atoms with Gasteiger partial charge in [-0.05, 0) is 38.5 Å². The van der Waals surface area contributed by atoms with Crippen molar-refractivity contribution in [2.75, 3.05) is 19.8 Å². The fourth-order valence-electron chi connectivity index (χ4n) is 2.17. The third kappa shape index (κ3) is 5.81. The smallest absolute Gasteiger partial charge is 0.308 e. The van der Waals surface area contributed by atoms with E-state index in [1.54, 1.807) is 18.2 Å². The number of aliphatic carboxylic acids is 1. The SMILES string of the molecule is CCCC(CNC(=O)c1ccc(OCC)c(OCC)c1)C(=O)O. The van der Waals surface area contributed by atoms with Crippen molar-refractivity contribution >= 4 is 11.9 Å². The molecule has 0 aliphatic rings. The highest BCUT2D eigenvalue weighted by Crippen LogP contribution is 2.28. The second-order valence-corrected chi connectivity index (χ2v) is 5.06. The fourth-order valence-corrected chi connectivity index (χ4v) is 2.17. The van der Waals surface area contributed by atoms with Gasteiger partial charge in [-0.25, -0.2) is 0 Å². The minimum absolute atomic E-state index is 0.110. The van der Waals surface area contributed by atoms with Crippen molar-refractivity contribution in [2.24, 2.45) is 5.92 Å². The van der Waals surface area contributed by atoms with E-state index >= 15 is 0 Å². The quantitative estimate of drug-likeness (QED) is 0.691. The van der Waals surface area contributed by atoms with E-state index in [9.17, 15) is 9.59 Å². The Hall–Kier alpha value is -2.24. The maximum absolute atomic E-state index is 12.2. The van der Waals surface area contributed by atoms with Crippen molar-refractivity contribution in [1.82, 2.24) is 5.32 Å². The summed E-state index contributed by atoms with van der Waals surface area (Å²) in [4.78, 5) is 23.3. The molecule has 0 fully saturated rings. The summed E-state index contributed by atoms with van der Waals surface area (Å²) in [7, 11) is 0. The molecule has 1 atom stereocenters. The summed E-state index contributed by atoms with van der Waals surface area (Å²) in [6, 6.07) is 4.93. The van der Waals surface area contributed by atoms with E-state index in [-0.39, 0.29) is 12.5 Å². The van der Waals surface area contributed by atoms with Gasteiger partial charge in [0, 0.05) is 12.1 Å². The maximum atomic E-state index is 12.2. The van der Waals surface area contributed by atoms with Gasteiger partial charge in [-0.3, -0.25) is 9.59 Å². The second-order valence-electron chi connectivity index (χ2n) is 5.06. The Labute approximate surface area is 136 Å². The van der Waals surface area contributed by atoms with Gasteiger partial charge in [-0.1, -0.05) is 13.3 Å². The summed E-state index contributed by atoms with van der Waals surface area (Å²) >= 11 is 0. The lowest BCUT2D eigenvalue weighted by molar-refractivity contribution is -0.141. The Balaban J connectivity index is 2.79. The van der Waals surface area contributed by atoms with Gasteiger partial charge in [-0.15, -0.1) is 0 Å². The van der Waals surface area contributed by atoms with E-state index < -0.39 is 11.9 Å². The van der Waals surface area contributed by atoms with E-state index in [2.05, 4.69) is 5.32 Å². The van der Waals surface area contributed by atoms with Crippen LogP contribution in [0, 0.1) is 5.92 Å². The lowest BCUT2D eigenvalue weighted by atomic mass is 10.0. The Morgan fingerprint density at radius 2 is 1.78 bits per heavy atom. The van der Waals surface area contributed by atoms with Crippen LogP contribution in [-0.2, 0) is 4.79 Å². The highest BCUT2D eigenvalue weighted by Gasteiger charge is 2.18. The van der Waals surface area contributed by atoms with Crippen LogP contribution in [0.2, 0.25) is 0 Å². The minimum atomic E-state index is -0.895. The normalized spacial score (nSPS) is 11.6. The van der Waals surface area contributed by atoms with Crippen molar-refractivity contribution in [2.45, 2.75) is 33.6 Å². The van der Waals surface area contributed by atoms with E-state index in [1.165, 1.54) is 0 Å². The number of carboxylic acids is 1. The third-order valence-electron chi connectivity index (χ3n) is 3.30. The highest BCUT2D eigenvalue weighted by molar-refractivity contribution is 5.95. The Morgan fingerprint density at radius 1 is 1.13 bits per heavy atom. The average Bonchev–Trinajstić information content (AvgIpc) is 2.53. The fraction of sp³-hybridized carbons (Fsp3) is 0.529. The van der Waals surface area contributed by atoms with E-state index in [4.69, 9.17) is 14.6 Å². The van der Waals surface area contributed by atoms with Crippen LogP contribution in [0.4, 0.5) is 0 Å². The number of rotatable bonds is 10. The number of carbonyl (C=O) groups excluding carboxylic acids is 1. The monoisotopic (exact) mass is 323 g/mol. The van der Waals surface area contributed by atoms with Gasteiger partial charge in [-0.2, -0.15) is 0 Å². The van der Waals surface area contributed by atoms with Gasteiger partial charge in [0.25, 0.3) is 5.91 Å². The molecule has 6 heteroatoms. The standard InChI is InChI=1S/C17H25NO5/c1-4-7-13(17(20)21)11-18-16(19)12-8-9-14(22-5-2)15(10-12)23-6-3/h8-10,13H,4-7,11H2,1-3H3,(H,18,19)(H,20,21). The molecule has 0 aromatic heterocycles. The van der Waals surface area contributed by atoms with Crippen LogP contribution in [-0.4, -0.2) is 36.7 Å². The van der Waals surface area contributed by atoms with Crippen molar-refractivity contribution in [3.63, 3.8) is 0 Å². The van der Waals surface area contributed by atoms with Gasteiger partial charge in [0.05, 0.1) is 19.1 Å². The summed E-state index contributed by atoms with van der Waals surface area (Å²) in [5, 5.41) is 11.8. The van der Waals surface area contributed by atoms with Gasteiger partial charge in [0.1, 0.15) is 0 Å². The summed E-state index contributed by atoms with van der Waals surface area (Å²) in [5.74, 6) is -0.700. The zero-order valence-electron chi connectivity index (χ0n) is 13.9. The molecule has 0 spiro atoms. The predicted octanol–water partition coefficient (Wildman–Crippen LogP) is 2.71. The topological polar surface area (TPSA) is 84.9 Å². The van der Waals surface area contributed by atoms with Crippen LogP contribution >= 0.6 is 0 Å². The largest absolute Gasteiger partial charge is 0.490 e. The van der Waals surface area contributed by atoms with E-state index in [0.29, 0.717) is 36.7 Å². The number of nitrogens with one attached hydrogen (secondary N) is 1. The lowest BCUT2D eigenvalue weighted by Crippen LogP contribution is -2.32. The van der Waals surface area contributed by atoms with Gasteiger partial charge < -0.3 is 19.9 Å². The van der Waals surface area contributed by atoms with Crippen LogP contribution < -0.4 is 14.8 Å². The molecule has 0 bridgehead atoms. The first-order chi connectivity index (χ1) is 11.0. The molecule has 0 aliphatic heterocycles. The molecule has 23 heavy (non-hydrogen) atoms. The molecule has 1 rings (SSSR count). The van der Waals surface area contributed by atoms with Crippen LogP contribution in [0.5, 0.6) is 11.5 Å². The van der Waals surface area contributed by atoms with Crippen molar-refractivity contribution in [3.8, 4) is 11.5 Å². The number of carboxylic acid groups (broad SMARTS) is 1. The number of carbonyl (C=O) groups is 2. The molecule has 1 aromatic carbocycles. The Kier molecular flexibility index (Phi) is 7.94. The van der Waals surface area contributed by atoms with Crippen LogP contribution in [0.15, 0.2) is 18.2 Å². The Morgan fingerprint density at radius 3 is 2.35 bits per heavy atom. The summed E-state index contributed by atoms with van der Waals surface area (Å²) in [6.45, 7) is 6.71. The van der Waals surface area contributed by atoms with Crippen LogP contribution in [0.1, 0.15) is 44.0 Å². The van der Waals surface area contributed by atoms with E-state index in [1.807, 2.05) is 20.8 Å². The van der Waals surface area contributed by atoms with Crippen LogP contribution in [0.25, 0.3) is 0 Å². The molecule has 0 aliphatic carbocycles. The number of benzene rings is 1. The molecule has 128 valence electrons. The molecule has 2 N–H and O–H groups in total. The van der Waals surface area contributed by atoms with Crippen LogP contribution in [0.3, 0.4) is 0 Å². The maximum Gasteiger partial charge on any atom is 0.308 e. The highest BCUT2D eigenvalue weighted by atomic mass is 16.5. The van der Waals surface area contributed by atoms with E-state index in [0.717, 1.165) is 6.42 Å². The predicted molar refractivity (Wildman–Crippen MR) is 87.1 cm³/mol. The van der Waals surface area contributed by atoms with Gasteiger partial charge >= 0.3 is 5.97 Å². The summed E-state index contributed by atoms with van der Waals surface area (Å²) in [6.07, 6.45) is 1.29. The molecule has 1 amide bonds. The molecule has 0 saturated heterocycles. The van der Waals surface area contributed by atoms with Crippen molar-refractivity contribution < 1.29 is 24.2 Å². The molecule has 1 unspecified atom stereocenters. The molecule has 1 aromatic rings. The Bertz CT molecular complexity index is 530. The second kappa shape index (κ2) is 9.71. The molecule has 0 radical (unpaired) electrons. The molecule has 0 saturated carbocycles. The summed E-state index contributed by atoms with van der Waals surface area (Å²) in [5.41, 5.74) is 0.414. The summed E-state index contributed by atoms with van der Waals surface area (Å²) < 4.78 is 10.9. The molecular weight excluding hydrogens is 298 g/mol. The molecular formula is C17H25NO5. The third-order valence-corrected chi connectivity index (χ3v) is 3.30. The average molecular weight is 323 g/mol. The molecule has 0 heterocycles. The van der Waals surface area contributed by atoms with Crippen molar-refractivity contribution in [3.05, 3.63) is 23.8 Å². The van der Waals surface area contributed by atoms with Gasteiger partial charge in [0.2, 0.25) is 0 Å². The first-order valence-electron chi connectivity index (χ1n) is 7.94. The number of hydrogen-bond acceptors (Lipinski definition) is 4. The van der Waals surface area contributed by atoms with Crippen molar-refractivity contribution in [1.29, 1.82) is 0 Å². The minimum Gasteiger partial charge on any atom is -0.490 e. The first kappa shape index (κ1) is 18.8. The lowest BCUT2D eigenvalue weighted by Gasteiger charge is -2.14. The number of hydrogen-bond donors (Lipinski definition) is 2. The molecule has 6 nitrogen and oxygen atoms in total. The van der Waals surface area contributed by atoms with Gasteiger partial charge in [0.15, 0.2) is 11.5 Å². The first-order valence-corrected chi connectivity index (χ1v) is 7.94. The number of ether oxygens (including phenoxy) is 2. The zero-order valence-corrected chi connectivity index (χ0v) is 13.9. The zero-order chi connectivity index (χ0) is 17.2. The number of amides is 1.